The SMILES string of the molecule is CCC(CO)C(C(C)=O)c1cc(C)c(Br)c(C)c1. The van der Waals surface area contributed by atoms with E-state index in [1.54, 1.807) is 6.92 Å². The van der Waals surface area contributed by atoms with E-state index in [1.807, 2.05) is 32.9 Å². The molecule has 1 rings (SSSR count). The van der Waals surface area contributed by atoms with Gasteiger partial charge in [-0.15, -0.1) is 0 Å². The van der Waals surface area contributed by atoms with Crippen LogP contribution in [0.25, 0.3) is 0 Å². The van der Waals surface area contributed by atoms with E-state index < -0.39 is 0 Å². The average molecular weight is 313 g/mol. The van der Waals surface area contributed by atoms with Crippen molar-refractivity contribution in [2.45, 2.75) is 40.0 Å². The highest BCUT2D eigenvalue weighted by atomic mass is 79.9. The number of hydrogen-bond donors (Lipinski definition) is 1. The van der Waals surface area contributed by atoms with Gasteiger partial charge in [0.2, 0.25) is 0 Å². The summed E-state index contributed by atoms with van der Waals surface area (Å²) in [6, 6.07) is 4.09. The van der Waals surface area contributed by atoms with E-state index in [4.69, 9.17) is 0 Å². The fourth-order valence-electron chi connectivity index (χ4n) is 2.47. The highest BCUT2D eigenvalue weighted by molar-refractivity contribution is 9.10. The molecule has 3 heteroatoms. The molecule has 0 heterocycles. The lowest BCUT2D eigenvalue weighted by atomic mass is 9.81. The molecule has 18 heavy (non-hydrogen) atoms. The minimum Gasteiger partial charge on any atom is -0.396 e. The van der Waals surface area contributed by atoms with Gasteiger partial charge >= 0.3 is 0 Å². The fourth-order valence-corrected chi connectivity index (χ4v) is 2.70. The van der Waals surface area contributed by atoms with Crippen molar-refractivity contribution in [3.05, 3.63) is 33.3 Å². The van der Waals surface area contributed by atoms with Crippen LogP contribution in [-0.4, -0.2) is 17.5 Å². The summed E-state index contributed by atoms with van der Waals surface area (Å²) in [5, 5.41) is 9.44. The number of aliphatic hydroxyl groups is 1. The van der Waals surface area contributed by atoms with E-state index in [2.05, 4.69) is 15.9 Å². The van der Waals surface area contributed by atoms with Gasteiger partial charge in [0.15, 0.2) is 0 Å². The number of hydrogen-bond acceptors (Lipinski definition) is 2. The van der Waals surface area contributed by atoms with E-state index in [0.29, 0.717) is 0 Å². The van der Waals surface area contributed by atoms with Crippen molar-refractivity contribution in [3.63, 3.8) is 0 Å². The Bertz CT molecular complexity index is 413. The van der Waals surface area contributed by atoms with Crippen LogP contribution in [-0.2, 0) is 4.79 Å². The molecule has 100 valence electrons. The summed E-state index contributed by atoms with van der Waals surface area (Å²) in [6.07, 6.45) is 0.801. The first-order valence-corrected chi connectivity index (χ1v) is 7.09. The second-order valence-electron chi connectivity index (χ2n) is 4.91. The van der Waals surface area contributed by atoms with Crippen molar-refractivity contribution in [3.8, 4) is 0 Å². The predicted molar refractivity (Wildman–Crippen MR) is 77.9 cm³/mol. The molecule has 2 unspecified atom stereocenters. The van der Waals surface area contributed by atoms with Crippen LogP contribution < -0.4 is 0 Å². The summed E-state index contributed by atoms with van der Waals surface area (Å²) in [7, 11) is 0. The third kappa shape index (κ3) is 3.21. The van der Waals surface area contributed by atoms with E-state index in [-0.39, 0.29) is 24.2 Å². The largest absolute Gasteiger partial charge is 0.396 e. The molecule has 0 saturated heterocycles. The Kier molecular flexibility index (Phi) is 5.54. The molecule has 0 amide bonds. The van der Waals surface area contributed by atoms with Crippen LogP contribution >= 0.6 is 15.9 Å². The Morgan fingerprint density at radius 2 is 1.83 bits per heavy atom. The first kappa shape index (κ1) is 15.4. The van der Waals surface area contributed by atoms with Gasteiger partial charge in [-0.05, 0) is 43.4 Å². The third-order valence-corrected chi connectivity index (χ3v) is 4.74. The number of aryl methyl sites for hydroxylation is 2. The standard InChI is InChI=1S/C15H21BrO2/c1-5-12(8-17)14(11(4)18)13-6-9(2)15(16)10(3)7-13/h6-7,12,14,17H,5,8H2,1-4H3. The van der Waals surface area contributed by atoms with Crippen LogP contribution in [0.2, 0.25) is 0 Å². The van der Waals surface area contributed by atoms with Crippen molar-refractivity contribution in [2.24, 2.45) is 5.92 Å². The van der Waals surface area contributed by atoms with Gasteiger partial charge in [-0.25, -0.2) is 0 Å². The number of carbonyl (C=O) groups excluding carboxylic acids is 1. The van der Waals surface area contributed by atoms with E-state index in [0.717, 1.165) is 27.6 Å². The summed E-state index contributed by atoms with van der Waals surface area (Å²) in [5.41, 5.74) is 3.27. The number of carbonyl (C=O) groups is 1. The van der Waals surface area contributed by atoms with Crippen molar-refractivity contribution in [1.82, 2.24) is 0 Å². The molecule has 1 aromatic carbocycles. The van der Waals surface area contributed by atoms with Crippen LogP contribution in [0.3, 0.4) is 0 Å². The average Bonchev–Trinajstić information content (AvgIpc) is 2.31. The molecule has 0 radical (unpaired) electrons. The molecule has 2 atom stereocenters. The monoisotopic (exact) mass is 312 g/mol. The molecule has 0 aromatic heterocycles. The number of aliphatic hydroxyl groups excluding tert-OH is 1. The minimum absolute atomic E-state index is 0.00229. The van der Waals surface area contributed by atoms with Crippen LogP contribution in [0.1, 0.15) is 42.9 Å². The zero-order chi connectivity index (χ0) is 13.9. The second kappa shape index (κ2) is 6.48. The fraction of sp³-hybridized carbons (Fsp3) is 0.533. The molecule has 0 saturated carbocycles. The Morgan fingerprint density at radius 3 is 2.17 bits per heavy atom. The molecule has 0 bridgehead atoms. The van der Waals surface area contributed by atoms with Crippen molar-refractivity contribution < 1.29 is 9.90 Å². The van der Waals surface area contributed by atoms with Gasteiger partial charge in [-0.3, -0.25) is 4.79 Å². The van der Waals surface area contributed by atoms with Gasteiger partial charge in [0.05, 0.1) is 0 Å². The predicted octanol–water partition coefficient (Wildman–Crippen LogP) is 3.76. The Balaban J connectivity index is 3.26. The number of benzene rings is 1. The maximum atomic E-state index is 11.9. The van der Waals surface area contributed by atoms with Gasteiger partial charge < -0.3 is 5.11 Å². The summed E-state index contributed by atoms with van der Waals surface area (Å²) in [4.78, 5) is 11.9. The van der Waals surface area contributed by atoms with Gasteiger partial charge in [-0.1, -0.05) is 41.4 Å². The van der Waals surface area contributed by atoms with Crippen molar-refractivity contribution >= 4 is 21.7 Å². The minimum atomic E-state index is -0.203. The van der Waals surface area contributed by atoms with Crippen LogP contribution in [0.4, 0.5) is 0 Å². The molecule has 2 nitrogen and oxygen atoms in total. The van der Waals surface area contributed by atoms with E-state index in [1.165, 1.54) is 0 Å². The molecule has 0 aliphatic heterocycles. The highest BCUT2D eigenvalue weighted by Gasteiger charge is 2.26. The van der Waals surface area contributed by atoms with Gasteiger partial charge in [0.1, 0.15) is 5.78 Å². The Labute approximate surface area is 118 Å². The summed E-state index contributed by atoms with van der Waals surface area (Å²) >= 11 is 3.54. The lowest BCUT2D eigenvalue weighted by molar-refractivity contribution is -0.120. The number of rotatable bonds is 5. The summed E-state index contributed by atoms with van der Waals surface area (Å²) in [6.45, 7) is 7.72. The molecule has 1 N–H and O–H groups in total. The normalized spacial score (nSPS) is 14.3. The van der Waals surface area contributed by atoms with Gasteiger partial charge in [0, 0.05) is 17.0 Å². The van der Waals surface area contributed by atoms with Gasteiger partial charge in [-0.2, -0.15) is 0 Å². The molecule has 0 aliphatic rings. The lowest BCUT2D eigenvalue weighted by Gasteiger charge is -2.24. The van der Waals surface area contributed by atoms with E-state index >= 15 is 0 Å². The van der Waals surface area contributed by atoms with E-state index in [9.17, 15) is 9.90 Å². The Hall–Kier alpha value is -0.670. The van der Waals surface area contributed by atoms with Crippen LogP contribution in [0.15, 0.2) is 16.6 Å². The maximum Gasteiger partial charge on any atom is 0.137 e. The molecule has 0 aliphatic carbocycles. The molecular weight excluding hydrogens is 292 g/mol. The quantitative estimate of drug-likeness (QED) is 0.899. The zero-order valence-corrected chi connectivity index (χ0v) is 13.0. The number of ketones is 1. The highest BCUT2D eigenvalue weighted by Crippen LogP contribution is 2.32. The molecule has 0 fully saturated rings. The summed E-state index contributed by atoms with van der Waals surface area (Å²) in [5.74, 6) is -0.0787. The first-order chi connectivity index (χ1) is 8.42. The Morgan fingerprint density at radius 1 is 1.33 bits per heavy atom. The first-order valence-electron chi connectivity index (χ1n) is 6.30. The topological polar surface area (TPSA) is 37.3 Å². The van der Waals surface area contributed by atoms with Crippen LogP contribution in [0, 0.1) is 19.8 Å². The molecule has 1 aromatic rings. The van der Waals surface area contributed by atoms with Gasteiger partial charge in [0.25, 0.3) is 0 Å². The lowest BCUT2D eigenvalue weighted by Crippen LogP contribution is -2.22. The zero-order valence-electron chi connectivity index (χ0n) is 11.5. The summed E-state index contributed by atoms with van der Waals surface area (Å²) < 4.78 is 1.09. The second-order valence-corrected chi connectivity index (χ2v) is 5.70. The van der Waals surface area contributed by atoms with Crippen LogP contribution in [0.5, 0.6) is 0 Å². The smallest absolute Gasteiger partial charge is 0.137 e. The third-order valence-electron chi connectivity index (χ3n) is 3.49. The molecular formula is C15H21BrO2. The van der Waals surface area contributed by atoms with Crippen molar-refractivity contribution in [1.29, 1.82) is 0 Å². The molecule has 0 spiro atoms. The maximum absolute atomic E-state index is 11.9. The number of Topliss-reactive ketones (excluding diaryl/α,β-unsaturated/α-hetero) is 1. The van der Waals surface area contributed by atoms with Crippen molar-refractivity contribution in [2.75, 3.05) is 6.61 Å². The number of halogens is 1.